The summed E-state index contributed by atoms with van der Waals surface area (Å²) in [6.45, 7) is 2.13. The van der Waals surface area contributed by atoms with E-state index in [9.17, 15) is 4.79 Å². The Morgan fingerprint density at radius 2 is 1.48 bits per heavy atom. The Morgan fingerprint density at radius 1 is 0.815 bits per heavy atom. The number of rotatable bonds is 4. The molecule has 0 spiro atoms. The largest absolute Gasteiger partial charge is 0.378 e. The van der Waals surface area contributed by atoms with Crippen LogP contribution in [0, 0.1) is 0 Å². The summed E-state index contributed by atoms with van der Waals surface area (Å²) >= 11 is 0. The highest BCUT2D eigenvalue weighted by atomic mass is 16.1. The summed E-state index contributed by atoms with van der Waals surface area (Å²) in [4.78, 5) is 13.0. The lowest BCUT2D eigenvalue weighted by Crippen LogP contribution is -2.19. The summed E-state index contributed by atoms with van der Waals surface area (Å²) in [7, 11) is 1.84. The lowest BCUT2D eigenvalue weighted by Gasteiger charge is -2.19. The van der Waals surface area contributed by atoms with Crippen LogP contribution in [0.4, 0.5) is 5.69 Å². The zero-order valence-electron chi connectivity index (χ0n) is 15.5. The first-order valence-corrected chi connectivity index (χ1v) is 9.15. The predicted molar refractivity (Wildman–Crippen MR) is 113 cm³/mol. The summed E-state index contributed by atoms with van der Waals surface area (Å²) in [6, 6.07) is 28.4. The van der Waals surface area contributed by atoms with Gasteiger partial charge in [-0.15, -0.1) is 0 Å². The number of hydrogen-bond donors (Lipinski definition) is 1. The van der Waals surface area contributed by atoms with Gasteiger partial charge in [-0.3, -0.25) is 4.79 Å². The molecule has 27 heavy (non-hydrogen) atoms. The van der Waals surface area contributed by atoms with Crippen molar-refractivity contribution in [2.45, 2.75) is 13.0 Å². The van der Waals surface area contributed by atoms with Gasteiger partial charge in [-0.25, -0.2) is 0 Å². The number of anilines is 1. The van der Waals surface area contributed by atoms with Crippen molar-refractivity contribution >= 4 is 16.5 Å². The first-order chi connectivity index (χ1) is 13.1. The van der Waals surface area contributed by atoms with E-state index >= 15 is 0 Å². The minimum absolute atomic E-state index is 0.0279. The summed E-state index contributed by atoms with van der Waals surface area (Å²) in [5.74, 6) is 0. The van der Waals surface area contributed by atoms with Crippen molar-refractivity contribution in [1.29, 1.82) is 0 Å². The van der Waals surface area contributed by atoms with Crippen molar-refractivity contribution in [3.63, 3.8) is 0 Å². The highest BCUT2D eigenvalue weighted by molar-refractivity contribution is 5.89. The van der Waals surface area contributed by atoms with Crippen LogP contribution in [0.1, 0.15) is 18.5 Å². The van der Waals surface area contributed by atoms with Crippen LogP contribution in [-0.2, 0) is 7.05 Å². The molecular weight excluding hydrogens is 332 g/mol. The molecule has 4 rings (SSSR count). The van der Waals surface area contributed by atoms with Gasteiger partial charge >= 0.3 is 0 Å². The van der Waals surface area contributed by atoms with E-state index in [0.717, 1.165) is 33.3 Å². The molecule has 1 aromatic heterocycles. The van der Waals surface area contributed by atoms with Gasteiger partial charge in [0.05, 0.1) is 5.69 Å². The highest BCUT2D eigenvalue weighted by Gasteiger charge is 2.14. The predicted octanol–water partition coefficient (Wildman–Crippen LogP) is 5.38. The second-order valence-electron chi connectivity index (χ2n) is 6.80. The van der Waals surface area contributed by atoms with Gasteiger partial charge in [-0.1, -0.05) is 60.7 Å². The number of nitrogens with one attached hydrogen (secondary N) is 1. The molecule has 0 aliphatic rings. The van der Waals surface area contributed by atoms with Gasteiger partial charge in [-0.05, 0) is 47.7 Å². The Labute approximate surface area is 158 Å². The first kappa shape index (κ1) is 17.1. The van der Waals surface area contributed by atoms with Gasteiger partial charge in [0.1, 0.15) is 0 Å². The van der Waals surface area contributed by atoms with Crippen LogP contribution >= 0.6 is 0 Å². The van der Waals surface area contributed by atoms with Gasteiger partial charge in [0.15, 0.2) is 0 Å². The molecule has 4 aromatic rings. The van der Waals surface area contributed by atoms with Gasteiger partial charge in [-0.2, -0.15) is 0 Å². The quantitative estimate of drug-likeness (QED) is 0.534. The standard InChI is InChI=1S/C24H22N2O/c1-17(25-19-12-7-4-8-13-19)20-14-9-15-21-22(20)16-23(26(2)24(21)27)18-10-5-3-6-11-18/h3-17,25H,1-2H3. The molecule has 0 saturated carbocycles. The number of para-hydroxylation sites is 1. The normalized spacial score (nSPS) is 12.1. The van der Waals surface area contributed by atoms with Gasteiger partial charge in [0.2, 0.25) is 0 Å². The molecule has 0 bridgehead atoms. The fourth-order valence-electron chi connectivity index (χ4n) is 3.58. The van der Waals surface area contributed by atoms with Gasteiger partial charge in [0, 0.05) is 24.2 Å². The number of nitrogens with zero attached hydrogens (tertiary/aromatic N) is 1. The molecule has 3 heteroatoms. The second-order valence-corrected chi connectivity index (χ2v) is 6.80. The molecule has 0 amide bonds. The maximum absolute atomic E-state index is 13.0. The second kappa shape index (κ2) is 7.12. The Hall–Kier alpha value is -3.33. The van der Waals surface area contributed by atoms with Crippen molar-refractivity contribution in [3.8, 4) is 11.3 Å². The molecule has 0 fully saturated rings. The van der Waals surface area contributed by atoms with Crippen molar-refractivity contribution in [2.75, 3.05) is 5.32 Å². The third-order valence-electron chi connectivity index (χ3n) is 5.01. The number of hydrogen-bond acceptors (Lipinski definition) is 2. The summed E-state index contributed by atoms with van der Waals surface area (Å²) < 4.78 is 1.73. The molecule has 0 aliphatic carbocycles. The molecule has 1 heterocycles. The minimum Gasteiger partial charge on any atom is -0.378 e. The lowest BCUT2D eigenvalue weighted by molar-refractivity contribution is 0.874. The Morgan fingerprint density at radius 3 is 2.19 bits per heavy atom. The van der Waals surface area contributed by atoms with E-state index in [1.165, 1.54) is 0 Å². The summed E-state index contributed by atoms with van der Waals surface area (Å²) in [5.41, 5.74) is 4.17. The Bertz CT molecular complexity index is 1130. The molecule has 3 aromatic carbocycles. The lowest BCUT2D eigenvalue weighted by atomic mass is 9.98. The van der Waals surface area contributed by atoms with Crippen LogP contribution < -0.4 is 10.9 Å². The van der Waals surface area contributed by atoms with Gasteiger partial charge in [0.25, 0.3) is 5.56 Å². The van der Waals surface area contributed by atoms with Crippen molar-refractivity contribution in [2.24, 2.45) is 7.05 Å². The molecule has 0 saturated heterocycles. The van der Waals surface area contributed by atoms with Crippen LogP contribution in [0.2, 0.25) is 0 Å². The third-order valence-corrected chi connectivity index (χ3v) is 5.01. The van der Waals surface area contributed by atoms with E-state index in [0.29, 0.717) is 0 Å². The minimum atomic E-state index is 0.0279. The number of benzene rings is 3. The topological polar surface area (TPSA) is 34.0 Å². The third kappa shape index (κ3) is 3.24. The number of aromatic nitrogens is 1. The maximum atomic E-state index is 13.0. The monoisotopic (exact) mass is 354 g/mol. The summed E-state index contributed by atoms with van der Waals surface area (Å²) in [5, 5.41) is 5.28. The Kier molecular flexibility index (Phi) is 4.51. The zero-order chi connectivity index (χ0) is 18.8. The number of pyridine rings is 1. The van der Waals surface area contributed by atoms with Crippen molar-refractivity contribution in [3.05, 3.63) is 101 Å². The Balaban J connectivity index is 1.87. The molecule has 0 radical (unpaired) electrons. The molecule has 1 N–H and O–H groups in total. The fourth-order valence-corrected chi connectivity index (χ4v) is 3.58. The molecule has 134 valence electrons. The van der Waals surface area contributed by atoms with E-state index in [4.69, 9.17) is 0 Å². The molecular formula is C24H22N2O. The van der Waals surface area contributed by atoms with E-state index in [1.54, 1.807) is 4.57 Å². The molecule has 1 atom stereocenters. The molecule has 0 aliphatic heterocycles. The number of fused-ring (bicyclic) bond motifs is 1. The average Bonchev–Trinajstić information content (AvgIpc) is 2.71. The van der Waals surface area contributed by atoms with Crippen LogP contribution in [-0.4, -0.2) is 4.57 Å². The van der Waals surface area contributed by atoms with Crippen LogP contribution in [0.15, 0.2) is 89.7 Å². The first-order valence-electron chi connectivity index (χ1n) is 9.15. The van der Waals surface area contributed by atoms with Crippen LogP contribution in [0.25, 0.3) is 22.0 Å². The van der Waals surface area contributed by atoms with Crippen LogP contribution in [0.3, 0.4) is 0 Å². The van der Waals surface area contributed by atoms with E-state index < -0.39 is 0 Å². The van der Waals surface area contributed by atoms with Crippen molar-refractivity contribution < 1.29 is 0 Å². The van der Waals surface area contributed by atoms with Crippen LogP contribution in [0.5, 0.6) is 0 Å². The van der Waals surface area contributed by atoms with E-state index in [-0.39, 0.29) is 11.6 Å². The summed E-state index contributed by atoms with van der Waals surface area (Å²) in [6.07, 6.45) is 0. The van der Waals surface area contributed by atoms with E-state index in [1.807, 2.05) is 67.7 Å². The average molecular weight is 354 g/mol. The molecule has 3 nitrogen and oxygen atoms in total. The smallest absolute Gasteiger partial charge is 0.258 e. The van der Waals surface area contributed by atoms with E-state index in [2.05, 4.69) is 36.5 Å². The highest BCUT2D eigenvalue weighted by Crippen LogP contribution is 2.28. The maximum Gasteiger partial charge on any atom is 0.258 e. The fraction of sp³-hybridized carbons (Fsp3) is 0.125. The SMILES string of the molecule is CC(Nc1ccccc1)c1cccc2c(=O)n(C)c(-c3ccccc3)cc12. The molecule has 1 unspecified atom stereocenters. The zero-order valence-corrected chi connectivity index (χ0v) is 15.5. The van der Waals surface area contributed by atoms with Crippen molar-refractivity contribution in [1.82, 2.24) is 4.57 Å². The van der Waals surface area contributed by atoms with Gasteiger partial charge < -0.3 is 9.88 Å².